The molecule has 3 aromatic rings. The lowest BCUT2D eigenvalue weighted by Crippen LogP contribution is -2.00. The SMILES string of the molecule is Oc1ccc(NCc2cccc3cccnc23)cc1. The second kappa shape index (κ2) is 4.98. The monoisotopic (exact) mass is 250 g/mol. The summed E-state index contributed by atoms with van der Waals surface area (Å²) in [6, 6.07) is 17.2. The Bertz CT molecular complexity index is 687. The van der Waals surface area contributed by atoms with E-state index < -0.39 is 0 Å². The number of phenolic OH excluding ortho intramolecular Hbond substituents is 1. The summed E-state index contributed by atoms with van der Waals surface area (Å²) in [5, 5.41) is 13.7. The molecule has 0 fully saturated rings. The van der Waals surface area contributed by atoms with Gasteiger partial charge in [0.05, 0.1) is 5.52 Å². The van der Waals surface area contributed by atoms with E-state index in [1.165, 1.54) is 0 Å². The van der Waals surface area contributed by atoms with Crippen molar-refractivity contribution < 1.29 is 5.11 Å². The van der Waals surface area contributed by atoms with Crippen LogP contribution in [0, 0.1) is 0 Å². The topological polar surface area (TPSA) is 45.1 Å². The standard InChI is InChI=1S/C16H14N2O/c19-15-8-6-14(7-9-15)18-11-13-4-1-3-12-5-2-10-17-16(12)13/h1-10,18-19H,11H2. The van der Waals surface area contributed by atoms with Gasteiger partial charge in [-0.2, -0.15) is 0 Å². The van der Waals surface area contributed by atoms with Crippen LogP contribution in [-0.4, -0.2) is 10.1 Å². The molecule has 0 aliphatic carbocycles. The van der Waals surface area contributed by atoms with Crippen molar-refractivity contribution >= 4 is 16.6 Å². The fourth-order valence-electron chi connectivity index (χ4n) is 2.09. The third kappa shape index (κ3) is 2.50. The number of benzene rings is 2. The number of nitrogens with zero attached hydrogens (tertiary/aromatic N) is 1. The molecule has 19 heavy (non-hydrogen) atoms. The predicted molar refractivity (Wildman–Crippen MR) is 77.2 cm³/mol. The van der Waals surface area contributed by atoms with Crippen molar-refractivity contribution in [2.45, 2.75) is 6.54 Å². The average Bonchev–Trinajstić information content (AvgIpc) is 2.47. The van der Waals surface area contributed by atoms with Gasteiger partial charge in [-0.15, -0.1) is 0 Å². The van der Waals surface area contributed by atoms with E-state index in [1.807, 2.05) is 30.5 Å². The summed E-state index contributed by atoms with van der Waals surface area (Å²) >= 11 is 0. The van der Waals surface area contributed by atoms with Crippen LogP contribution in [0.1, 0.15) is 5.56 Å². The zero-order valence-corrected chi connectivity index (χ0v) is 10.4. The molecule has 3 rings (SSSR count). The van der Waals surface area contributed by atoms with E-state index in [0.717, 1.165) is 22.2 Å². The summed E-state index contributed by atoms with van der Waals surface area (Å²) in [4.78, 5) is 4.43. The smallest absolute Gasteiger partial charge is 0.115 e. The Kier molecular flexibility index (Phi) is 3.02. The van der Waals surface area contributed by atoms with E-state index in [9.17, 15) is 5.11 Å². The number of anilines is 1. The van der Waals surface area contributed by atoms with Gasteiger partial charge in [-0.05, 0) is 35.9 Å². The van der Waals surface area contributed by atoms with Crippen LogP contribution in [0.2, 0.25) is 0 Å². The zero-order valence-electron chi connectivity index (χ0n) is 10.4. The van der Waals surface area contributed by atoms with Crippen molar-refractivity contribution in [2.75, 3.05) is 5.32 Å². The number of rotatable bonds is 3. The molecule has 3 heteroatoms. The van der Waals surface area contributed by atoms with Gasteiger partial charge in [0, 0.05) is 23.8 Å². The van der Waals surface area contributed by atoms with Crippen molar-refractivity contribution in [3.05, 3.63) is 66.4 Å². The van der Waals surface area contributed by atoms with E-state index in [2.05, 4.69) is 28.5 Å². The van der Waals surface area contributed by atoms with Crippen LogP contribution in [0.5, 0.6) is 5.75 Å². The minimum atomic E-state index is 0.275. The van der Waals surface area contributed by atoms with E-state index in [1.54, 1.807) is 12.1 Å². The highest BCUT2D eigenvalue weighted by Gasteiger charge is 2.01. The third-order valence-electron chi connectivity index (χ3n) is 3.07. The number of hydrogen-bond acceptors (Lipinski definition) is 3. The van der Waals surface area contributed by atoms with Crippen molar-refractivity contribution in [1.29, 1.82) is 0 Å². The normalized spacial score (nSPS) is 10.5. The maximum absolute atomic E-state index is 9.25. The number of aromatic nitrogens is 1. The molecule has 3 nitrogen and oxygen atoms in total. The molecule has 0 radical (unpaired) electrons. The highest BCUT2D eigenvalue weighted by Crippen LogP contribution is 2.18. The summed E-state index contributed by atoms with van der Waals surface area (Å²) in [6.45, 7) is 0.707. The number of pyridine rings is 1. The first-order valence-electron chi connectivity index (χ1n) is 6.18. The quantitative estimate of drug-likeness (QED) is 0.699. The van der Waals surface area contributed by atoms with Gasteiger partial charge in [0.1, 0.15) is 5.75 Å². The Balaban J connectivity index is 1.84. The molecule has 2 aromatic carbocycles. The van der Waals surface area contributed by atoms with Gasteiger partial charge in [-0.25, -0.2) is 0 Å². The summed E-state index contributed by atoms with van der Waals surface area (Å²) < 4.78 is 0. The summed E-state index contributed by atoms with van der Waals surface area (Å²) in [5.74, 6) is 0.275. The largest absolute Gasteiger partial charge is 0.508 e. The van der Waals surface area contributed by atoms with Gasteiger partial charge < -0.3 is 10.4 Å². The lowest BCUT2D eigenvalue weighted by Gasteiger charge is -2.08. The number of aromatic hydroxyl groups is 1. The Labute approximate surface area is 111 Å². The first-order chi connectivity index (χ1) is 9.33. The predicted octanol–water partition coefficient (Wildman–Crippen LogP) is 3.55. The summed E-state index contributed by atoms with van der Waals surface area (Å²) in [6.07, 6.45) is 1.81. The van der Waals surface area contributed by atoms with E-state index >= 15 is 0 Å². The second-order valence-electron chi connectivity index (χ2n) is 4.39. The van der Waals surface area contributed by atoms with Gasteiger partial charge in [-0.1, -0.05) is 24.3 Å². The lowest BCUT2D eigenvalue weighted by molar-refractivity contribution is 0.475. The molecule has 0 atom stereocenters. The number of para-hydroxylation sites is 1. The van der Waals surface area contributed by atoms with Gasteiger partial charge in [0.15, 0.2) is 0 Å². The van der Waals surface area contributed by atoms with E-state index in [0.29, 0.717) is 6.54 Å². The number of fused-ring (bicyclic) bond motifs is 1. The second-order valence-corrected chi connectivity index (χ2v) is 4.39. The molecule has 94 valence electrons. The maximum Gasteiger partial charge on any atom is 0.115 e. The number of hydrogen-bond donors (Lipinski definition) is 2. The highest BCUT2D eigenvalue weighted by molar-refractivity contribution is 5.81. The van der Waals surface area contributed by atoms with Crippen LogP contribution in [0.3, 0.4) is 0 Å². The summed E-state index contributed by atoms with van der Waals surface area (Å²) in [5.41, 5.74) is 3.16. The molecule has 0 bridgehead atoms. The minimum absolute atomic E-state index is 0.275. The van der Waals surface area contributed by atoms with Gasteiger partial charge in [0.2, 0.25) is 0 Å². The third-order valence-corrected chi connectivity index (χ3v) is 3.07. The van der Waals surface area contributed by atoms with E-state index in [4.69, 9.17) is 0 Å². The molecule has 0 spiro atoms. The first-order valence-corrected chi connectivity index (χ1v) is 6.18. The highest BCUT2D eigenvalue weighted by atomic mass is 16.3. The molecule has 0 aliphatic rings. The Morgan fingerprint density at radius 1 is 0.947 bits per heavy atom. The van der Waals surface area contributed by atoms with Crippen molar-refractivity contribution in [1.82, 2.24) is 4.98 Å². The molecule has 2 N–H and O–H groups in total. The average molecular weight is 250 g/mol. The lowest BCUT2D eigenvalue weighted by atomic mass is 10.1. The van der Waals surface area contributed by atoms with Gasteiger partial charge in [0.25, 0.3) is 0 Å². The molecule has 0 amide bonds. The van der Waals surface area contributed by atoms with Crippen LogP contribution in [-0.2, 0) is 6.54 Å². The van der Waals surface area contributed by atoms with Crippen LogP contribution >= 0.6 is 0 Å². The van der Waals surface area contributed by atoms with Crippen molar-refractivity contribution in [3.63, 3.8) is 0 Å². The Morgan fingerprint density at radius 3 is 2.58 bits per heavy atom. The molecule has 0 unspecified atom stereocenters. The summed E-state index contributed by atoms with van der Waals surface area (Å²) in [7, 11) is 0. The van der Waals surface area contributed by atoms with Gasteiger partial charge in [-0.3, -0.25) is 4.98 Å². The van der Waals surface area contributed by atoms with Crippen LogP contribution in [0.25, 0.3) is 10.9 Å². The first kappa shape index (κ1) is 11.5. The van der Waals surface area contributed by atoms with Gasteiger partial charge >= 0.3 is 0 Å². The fraction of sp³-hybridized carbons (Fsp3) is 0.0625. The number of nitrogens with one attached hydrogen (secondary N) is 1. The fourth-order valence-corrected chi connectivity index (χ4v) is 2.09. The molecular weight excluding hydrogens is 236 g/mol. The zero-order chi connectivity index (χ0) is 13.1. The van der Waals surface area contributed by atoms with Crippen molar-refractivity contribution in [3.8, 4) is 5.75 Å². The molecule has 1 aromatic heterocycles. The molecule has 0 saturated heterocycles. The van der Waals surface area contributed by atoms with Crippen LogP contribution < -0.4 is 5.32 Å². The molecule has 1 heterocycles. The molecular formula is C16H14N2O. The Hall–Kier alpha value is -2.55. The van der Waals surface area contributed by atoms with Crippen molar-refractivity contribution in [2.24, 2.45) is 0 Å². The van der Waals surface area contributed by atoms with Crippen LogP contribution in [0.15, 0.2) is 60.8 Å². The molecule has 0 saturated carbocycles. The minimum Gasteiger partial charge on any atom is -0.508 e. The van der Waals surface area contributed by atoms with Crippen LogP contribution in [0.4, 0.5) is 5.69 Å². The maximum atomic E-state index is 9.25. The molecule has 0 aliphatic heterocycles. The van der Waals surface area contributed by atoms with E-state index in [-0.39, 0.29) is 5.75 Å². The Morgan fingerprint density at radius 2 is 1.74 bits per heavy atom. The number of phenols is 1.